The van der Waals surface area contributed by atoms with Crippen LogP contribution in [0.1, 0.15) is 87.2 Å². The predicted molar refractivity (Wildman–Crippen MR) is 358 cm³/mol. The van der Waals surface area contributed by atoms with Gasteiger partial charge in [0.15, 0.2) is 0 Å². The van der Waals surface area contributed by atoms with Gasteiger partial charge in [-0.15, -0.1) is 0 Å². The van der Waals surface area contributed by atoms with Crippen molar-refractivity contribution in [1.29, 1.82) is 10.5 Å². The van der Waals surface area contributed by atoms with Crippen molar-refractivity contribution in [2.75, 3.05) is 45.6 Å². The van der Waals surface area contributed by atoms with E-state index in [2.05, 4.69) is 105 Å². The van der Waals surface area contributed by atoms with E-state index >= 15 is 0 Å². The Hall–Kier alpha value is -7.88. The molecule has 0 unspecified atom stereocenters. The van der Waals surface area contributed by atoms with Gasteiger partial charge in [0.05, 0.1) is 73.0 Å². The Balaban J connectivity index is 0.000000202. The molecule has 0 aromatic carbocycles. The molecule has 0 spiro atoms. The van der Waals surface area contributed by atoms with E-state index in [-0.39, 0.29) is 53.9 Å². The van der Waals surface area contributed by atoms with E-state index in [4.69, 9.17) is 29.1 Å². The van der Waals surface area contributed by atoms with Crippen molar-refractivity contribution >= 4 is 48.3 Å². The Labute approximate surface area is 576 Å². The average Bonchev–Trinajstić information content (AvgIpc) is 1.00. The van der Waals surface area contributed by atoms with Crippen molar-refractivity contribution in [2.24, 2.45) is 0 Å². The van der Waals surface area contributed by atoms with Gasteiger partial charge in [-0.05, 0) is 75.6 Å². The molecule has 2 aliphatic heterocycles. The highest BCUT2D eigenvalue weighted by Gasteiger charge is 2.50. The van der Waals surface area contributed by atoms with Gasteiger partial charge in [0.1, 0.15) is 67.3 Å². The highest BCUT2D eigenvalue weighted by Crippen LogP contribution is 2.42. The summed E-state index contributed by atoms with van der Waals surface area (Å²) in [5, 5.41) is 40.1. The maximum Gasteiger partial charge on any atom is 0.451 e. The van der Waals surface area contributed by atoms with Crippen LogP contribution in [-0.4, -0.2) is 178 Å². The summed E-state index contributed by atoms with van der Waals surface area (Å²) in [6, 6.07) is 13.7. The normalized spacial score (nSPS) is 19.9. The third-order valence-corrected chi connectivity index (χ3v) is 22.5. The molecule has 100 heavy (non-hydrogen) atoms. The summed E-state index contributed by atoms with van der Waals surface area (Å²) in [5.41, 5.74) is 3.36. The molecule has 8 aromatic heterocycles. The van der Waals surface area contributed by atoms with Crippen molar-refractivity contribution in [1.82, 2.24) is 78.4 Å². The molecule has 12 rings (SSSR count). The number of nitrogens with zero attached hydrogens (tertiary/aromatic N) is 18. The van der Waals surface area contributed by atoms with Gasteiger partial charge in [-0.3, -0.25) is 23.3 Å². The Morgan fingerprint density at radius 2 is 1.02 bits per heavy atom. The molecular formula is C65H82F6N18O8SSi2. The summed E-state index contributed by atoms with van der Waals surface area (Å²) >= 11 is 0. The SMILES string of the molecule is C[Si](C)(C)CCOCn1ccc2c(-c3cnn(C4(CC#N)CN(C5CCC(Oc6cc(CO)nc(C(F)(F)F)n6)CC5)C4)c3)ncnc21.C[Si](C)(C)CCOCn1ccc2c(-c3cnn(C4(CC#N)CN(C5CCC(Oc6cc(COS(C)(=O)=O)nc(C(F)(F)F)n6)CC5)C4)c3)ncnc21. The minimum atomic E-state index is -4.85. The number of likely N-dealkylation sites (tertiary alicyclic amines) is 2. The third kappa shape index (κ3) is 17.9. The number of halogens is 6. The number of rotatable bonds is 26. The number of nitriles is 2. The lowest BCUT2D eigenvalue weighted by Crippen LogP contribution is -2.65. The van der Waals surface area contributed by atoms with Crippen LogP contribution in [0.4, 0.5) is 26.3 Å². The first kappa shape index (κ1) is 73.3. The van der Waals surface area contributed by atoms with Gasteiger partial charge in [0, 0.05) is 126 Å². The van der Waals surface area contributed by atoms with Gasteiger partial charge >= 0.3 is 12.4 Å². The van der Waals surface area contributed by atoms with E-state index in [1.165, 1.54) is 18.5 Å². The number of aliphatic hydroxyl groups is 1. The van der Waals surface area contributed by atoms with Crippen LogP contribution < -0.4 is 9.47 Å². The molecule has 4 aliphatic rings. The number of hydrogen-bond acceptors (Lipinski definition) is 22. The summed E-state index contributed by atoms with van der Waals surface area (Å²) < 4.78 is 139. The van der Waals surface area contributed by atoms with Crippen LogP contribution in [0.5, 0.6) is 11.8 Å². The minimum absolute atomic E-state index is 0.141. The molecule has 10 heterocycles. The summed E-state index contributed by atoms with van der Waals surface area (Å²) in [4.78, 5) is 36.7. The molecule has 2 saturated heterocycles. The summed E-state index contributed by atoms with van der Waals surface area (Å²) in [6.07, 6.45) is 11.0. The number of hydrogen-bond donors (Lipinski definition) is 1. The molecule has 1 N–H and O–H groups in total. The molecule has 0 amide bonds. The van der Waals surface area contributed by atoms with E-state index < -0.39 is 74.6 Å². The van der Waals surface area contributed by atoms with Gasteiger partial charge in [0.25, 0.3) is 10.1 Å². The Morgan fingerprint density at radius 1 is 0.610 bits per heavy atom. The molecule has 0 radical (unpaired) electrons. The molecule has 26 nitrogen and oxygen atoms in total. The first-order valence-electron chi connectivity index (χ1n) is 33.2. The molecule has 35 heteroatoms. The van der Waals surface area contributed by atoms with E-state index in [0.717, 1.165) is 88.6 Å². The molecule has 8 aromatic rings. The standard InChI is InChI=1S/C33H42F3N9O5SSi.C32H40F3N9O3Si/c1-51(46,47)49-18-24-15-28(42-31(41-24)33(34,35)36)50-26-7-5-25(6-8-26)44-19-32(20-44,10-11-37)45-17-23(16-40-45)29-27-9-12-43(30(27)39-21-38-29)22-48-13-14-52(2,3)4;1-48(2,3)13-12-46-21-42-11-8-26-28(37-20-38-29(26)42)22-15-39-44(16-22)31(9-10-36)18-43(19-31)24-4-6-25(7-5-24)47-27-14-23(17-45)40-30(41-27)32(33,34)35/h9,12,15-17,21,25-26H,5-8,10,13-14,18-20,22H2,1-4H3;8,11,14-16,20,24-25,45H,4-7,9,12-13,17-19,21H2,1-3H3. The minimum Gasteiger partial charge on any atom is -0.474 e. The first-order valence-corrected chi connectivity index (χ1v) is 42.4. The van der Waals surface area contributed by atoms with Gasteiger partial charge in [-0.1, -0.05) is 39.3 Å². The predicted octanol–water partition coefficient (Wildman–Crippen LogP) is 10.4. The number of ether oxygens (including phenoxy) is 4. The molecule has 0 atom stereocenters. The molecule has 4 fully saturated rings. The van der Waals surface area contributed by atoms with Crippen molar-refractivity contribution in [3.63, 3.8) is 0 Å². The topological polar surface area (TPSA) is 303 Å². The fraction of sp³-hybridized carbons (Fsp3) is 0.569. The van der Waals surface area contributed by atoms with E-state index in [1.54, 1.807) is 18.7 Å². The van der Waals surface area contributed by atoms with Crippen LogP contribution in [0.25, 0.3) is 44.6 Å². The monoisotopic (exact) mass is 1440 g/mol. The highest BCUT2D eigenvalue weighted by molar-refractivity contribution is 7.85. The Kier molecular flexibility index (Phi) is 22.0. The fourth-order valence-electron chi connectivity index (χ4n) is 13.1. The maximum atomic E-state index is 13.5. The van der Waals surface area contributed by atoms with Gasteiger partial charge in [-0.2, -0.15) is 65.4 Å². The highest BCUT2D eigenvalue weighted by atomic mass is 32.2. The summed E-state index contributed by atoms with van der Waals surface area (Å²) in [6.45, 7) is 17.4. The average molecular weight is 1450 g/mol. The molecule has 0 bridgehead atoms. The fourth-order valence-corrected chi connectivity index (χ4v) is 15.0. The molecule has 2 saturated carbocycles. The Morgan fingerprint density at radius 3 is 1.40 bits per heavy atom. The van der Waals surface area contributed by atoms with Gasteiger partial charge < -0.3 is 33.2 Å². The van der Waals surface area contributed by atoms with Crippen LogP contribution in [-0.2, 0) is 73.9 Å². The van der Waals surface area contributed by atoms with Crippen molar-refractivity contribution in [3.05, 3.63) is 97.1 Å². The second kappa shape index (κ2) is 30.0. The van der Waals surface area contributed by atoms with Crippen LogP contribution in [0, 0.1) is 22.7 Å². The van der Waals surface area contributed by atoms with E-state index in [1.807, 2.05) is 55.4 Å². The number of alkyl halides is 6. The van der Waals surface area contributed by atoms with Crippen molar-refractivity contribution < 1.29 is 63.0 Å². The quantitative estimate of drug-likeness (QED) is 0.0228. The first-order chi connectivity index (χ1) is 47.4. The van der Waals surface area contributed by atoms with Crippen molar-refractivity contribution in [2.45, 2.75) is 190 Å². The van der Waals surface area contributed by atoms with Crippen LogP contribution >= 0.6 is 0 Å². The lowest BCUT2D eigenvalue weighted by Gasteiger charge is -2.53. The van der Waals surface area contributed by atoms with E-state index in [9.17, 15) is 50.4 Å². The maximum absolute atomic E-state index is 13.5. The largest absolute Gasteiger partial charge is 0.474 e. The third-order valence-electron chi connectivity index (χ3n) is 18.6. The smallest absolute Gasteiger partial charge is 0.451 e. The summed E-state index contributed by atoms with van der Waals surface area (Å²) in [7, 11) is -6.27. The Bertz CT molecular complexity index is 4350. The number of aliphatic hydroxyl groups excluding tert-OH is 1. The lowest BCUT2D eigenvalue weighted by molar-refractivity contribution is -0.146. The van der Waals surface area contributed by atoms with Gasteiger partial charge in [0.2, 0.25) is 23.4 Å². The zero-order chi connectivity index (χ0) is 71.4. The second-order valence-electron chi connectivity index (χ2n) is 28.7. The lowest BCUT2D eigenvalue weighted by atomic mass is 9.82. The van der Waals surface area contributed by atoms with Crippen LogP contribution in [0.2, 0.25) is 51.4 Å². The summed E-state index contributed by atoms with van der Waals surface area (Å²) in [5.74, 6) is -3.22. The molecular weight excluding hydrogens is 1360 g/mol. The van der Waals surface area contributed by atoms with Crippen LogP contribution in [0.3, 0.4) is 0 Å². The zero-order valence-electron chi connectivity index (χ0n) is 56.8. The van der Waals surface area contributed by atoms with E-state index in [0.29, 0.717) is 85.0 Å². The van der Waals surface area contributed by atoms with Crippen molar-refractivity contribution in [3.8, 4) is 46.4 Å². The number of aromatic nitrogens is 14. The second-order valence-corrected chi connectivity index (χ2v) is 41.6. The zero-order valence-corrected chi connectivity index (χ0v) is 59.6. The van der Waals surface area contributed by atoms with Crippen LogP contribution in [0.15, 0.2) is 74.1 Å². The molecule has 536 valence electrons. The molecule has 2 aliphatic carbocycles. The number of fused-ring (bicyclic) bond motifs is 2. The van der Waals surface area contributed by atoms with Gasteiger partial charge in [-0.25, -0.2) is 29.9 Å².